The topological polar surface area (TPSA) is 93.4 Å². The van der Waals surface area contributed by atoms with Crippen molar-refractivity contribution >= 4 is 17.8 Å². The minimum atomic E-state index is -5.02. The largest absolute Gasteiger partial charge is 0.511 e. The first-order valence-corrected chi connectivity index (χ1v) is 13.7. The molecule has 5 rings (SSSR count). The second-order valence-electron chi connectivity index (χ2n) is 10.3. The van der Waals surface area contributed by atoms with Crippen molar-refractivity contribution in [1.82, 2.24) is 24.6 Å². The molecule has 232 valence electrons. The van der Waals surface area contributed by atoms with E-state index < -0.39 is 36.5 Å². The molecule has 8 nitrogen and oxygen atoms in total. The van der Waals surface area contributed by atoms with Crippen LogP contribution in [0, 0.1) is 6.92 Å². The minimum Gasteiger partial charge on any atom is -0.449 e. The van der Waals surface area contributed by atoms with Gasteiger partial charge in [0.1, 0.15) is 0 Å². The van der Waals surface area contributed by atoms with Gasteiger partial charge in [0.25, 0.3) is 0 Å². The zero-order valence-electron chi connectivity index (χ0n) is 23.0. The van der Waals surface area contributed by atoms with Gasteiger partial charge in [0, 0.05) is 17.3 Å². The number of halogens is 7. The molecule has 4 aromatic rings. The predicted octanol–water partition coefficient (Wildman–Crippen LogP) is 7.78. The number of alkyl halides is 6. The van der Waals surface area contributed by atoms with Crippen molar-refractivity contribution in [3.63, 3.8) is 0 Å². The van der Waals surface area contributed by atoms with Crippen molar-refractivity contribution in [2.75, 3.05) is 19.6 Å². The van der Waals surface area contributed by atoms with Gasteiger partial charge >= 0.3 is 18.5 Å². The number of piperidine rings is 1. The summed E-state index contributed by atoms with van der Waals surface area (Å²) in [5.74, 6) is -1.16. The molecule has 0 radical (unpaired) electrons. The Hall–Kier alpha value is -4.17. The molecule has 0 atom stereocenters. The van der Waals surface area contributed by atoms with Gasteiger partial charge in [0.15, 0.2) is 17.3 Å². The van der Waals surface area contributed by atoms with Gasteiger partial charge in [-0.05, 0) is 74.2 Å². The van der Waals surface area contributed by atoms with E-state index in [1.807, 2.05) is 25.1 Å². The van der Waals surface area contributed by atoms with E-state index in [2.05, 4.69) is 19.8 Å². The van der Waals surface area contributed by atoms with Gasteiger partial charge in [-0.1, -0.05) is 29.8 Å². The van der Waals surface area contributed by atoms with E-state index in [4.69, 9.17) is 16.7 Å². The van der Waals surface area contributed by atoms with Crippen LogP contribution in [-0.2, 0) is 6.18 Å². The second-order valence-corrected chi connectivity index (χ2v) is 10.7. The SMILES string of the molecule is Cc1cc(-c2ncc(Cl)cc2-c2cccc(-n3ncc(OC(=O)O)c3C(F)(F)F)n2)ccc1C1CCN(CC(F)(F)F)CC1. The molecular weight excluding hydrogens is 616 g/mol. The highest BCUT2D eigenvalue weighted by atomic mass is 35.5. The van der Waals surface area contributed by atoms with Crippen molar-refractivity contribution < 1.29 is 41.0 Å². The van der Waals surface area contributed by atoms with Crippen LogP contribution < -0.4 is 4.74 Å². The maximum absolute atomic E-state index is 13.9. The third-order valence-corrected chi connectivity index (χ3v) is 7.46. The minimum absolute atomic E-state index is 0.0939. The van der Waals surface area contributed by atoms with E-state index >= 15 is 0 Å². The Labute approximate surface area is 251 Å². The van der Waals surface area contributed by atoms with Gasteiger partial charge in [-0.25, -0.2) is 14.5 Å². The molecule has 1 aliphatic heterocycles. The normalized spacial score (nSPS) is 15.0. The number of benzene rings is 1. The number of aromatic nitrogens is 4. The van der Waals surface area contributed by atoms with E-state index in [9.17, 15) is 31.1 Å². The van der Waals surface area contributed by atoms with Gasteiger partial charge in [0.2, 0.25) is 0 Å². The number of nitrogens with zero attached hydrogens (tertiary/aromatic N) is 5. The van der Waals surface area contributed by atoms with Crippen molar-refractivity contribution in [3.05, 3.63) is 76.7 Å². The highest BCUT2D eigenvalue weighted by molar-refractivity contribution is 6.30. The van der Waals surface area contributed by atoms with Gasteiger partial charge in [-0.15, -0.1) is 0 Å². The number of ether oxygens (including phenoxy) is 1. The van der Waals surface area contributed by atoms with E-state index in [1.165, 1.54) is 23.2 Å². The summed E-state index contributed by atoms with van der Waals surface area (Å²) in [4.78, 5) is 21.2. The van der Waals surface area contributed by atoms with Gasteiger partial charge in [-0.2, -0.15) is 31.4 Å². The lowest BCUT2D eigenvalue weighted by molar-refractivity contribution is -0.148. The number of aryl methyl sites for hydroxylation is 1. The molecule has 44 heavy (non-hydrogen) atoms. The number of carbonyl (C=O) groups is 1. The number of hydrogen-bond acceptors (Lipinski definition) is 6. The summed E-state index contributed by atoms with van der Waals surface area (Å²) in [6.07, 6.45) is -7.95. The zero-order chi connectivity index (χ0) is 31.8. The Morgan fingerprint density at radius 3 is 2.43 bits per heavy atom. The van der Waals surface area contributed by atoms with Gasteiger partial charge in [0.05, 0.1) is 29.2 Å². The quantitative estimate of drug-likeness (QED) is 0.170. The number of hydrogen-bond donors (Lipinski definition) is 1. The lowest BCUT2D eigenvalue weighted by Gasteiger charge is -2.33. The Balaban J connectivity index is 1.47. The van der Waals surface area contributed by atoms with E-state index in [0.717, 1.165) is 11.1 Å². The molecule has 1 aliphatic rings. The first kappa shape index (κ1) is 31.3. The molecule has 0 amide bonds. The average Bonchev–Trinajstić information content (AvgIpc) is 3.36. The average molecular weight is 640 g/mol. The summed E-state index contributed by atoms with van der Waals surface area (Å²) < 4.78 is 84.8. The molecule has 0 aliphatic carbocycles. The standard InChI is InChI=1S/C29H24ClF6N5O3/c1-16-11-18(5-6-20(16)17-7-9-40(10-8-17)15-28(31,32)33)25-21(12-19(30)13-37-25)22-3-2-4-24(39-22)41-26(29(34,35)36)23(14-38-41)44-27(42)43/h2-6,11-14,17H,7-10,15H2,1H3,(H,42,43). The highest BCUT2D eigenvalue weighted by Gasteiger charge is 2.41. The molecule has 0 spiro atoms. The Bertz CT molecular complexity index is 1680. The monoisotopic (exact) mass is 639 g/mol. The first-order valence-electron chi connectivity index (χ1n) is 13.3. The predicted molar refractivity (Wildman–Crippen MR) is 148 cm³/mol. The lowest BCUT2D eigenvalue weighted by atomic mass is 9.85. The Morgan fingerprint density at radius 2 is 1.80 bits per heavy atom. The highest BCUT2D eigenvalue weighted by Crippen LogP contribution is 2.39. The summed E-state index contributed by atoms with van der Waals surface area (Å²) in [6.45, 7) is 1.66. The molecule has 4 heterocycles. The molecular formula is C29H24ClF6N5O3. The molecule has 1 aromatic carbocycles. The smallest absolute Gasteiger partial charge is 0.449 e. The van der Waals surface area contributed by atoms with Gasteiger partial charge in [-0.3, -0.25) is 9.88 Å². The number of pyridine rings is 2. The Kier molecular flexibility index (Phi) is 8.58. The van der Waals surface area contributed by atoms with Crippen LogP contribution in [0.1, 0.15) is 35.6 Å². The van der Waals surface area contributed by atoms with Crippen molar-refractivity contribution in [1.29, 1.82) is 0 Å². The van der Waals surface area contributed by atoms with Crippen molar-refractivity contribution in [3.8, 4) is 34.1 Å². The van der Waals surface area contributed by atoms with Crippen LogP contribution in [0.5, 0.6) is 5.75 Å². The second kappa shape index (κ2) is 12.1. The van der Waals surface area contributed by atoms with Crippen molar-refractivity contribution in [2.24, 2.45) is 0 Å². The van der Waals surface area contributed by atoms with Crippen LogP contribution in [-0.4, -0.2) is 61.7 Å². The summed E-state index contributed by atoms with van der Waals surface area (Å²) in [5, 5.41) is 12.8. The fraction of sp³-hybridized carbons (Fsp3) is 0.310. The fourth-order valence-electron chi connectivity index (χ4n) is 5.43. The number of carboxylic acid groups (broad SMARTS) is 1. The summed E-state index contributed by atoms with van der Waals surface area (Å²) >= 11 is 6.25. The lowest BCUT2D eigenvalue weighted by Crippen LogP contribution is -2.39. The van der Waals surface area contributed by atoms with Crippen LogP contribution in [0.25, 0.3) is 28.3 Å². The first-order chi connectivity index (χ1) is 20.7. The summed E-state index contributed by atoms with van der Waals surface area (Å²) in [5.41, 5.74) is 2.23. The summed E-state index contributed by atoms with van der Waals surface area (Å²) in [6, 6.07) is 11.5. The third-order valence-electron chi connectivity index (χ3n) is 7.26. The zero-order valence-corrected chi connectivity index (χ0v) is 23.7. The van der Waals surface area contributed by atoms with Crippen molar-refractivity contribution in [2.45, 2.75) is 38.0 Å². The van der Waals surface area contributed by atoms with E-state index in [-0.39, 0.29) is 22.5 Å². The number of likely N-dealkylation sites (tertiary alicyclic amines) is 1. The molecule has 0 bridgehead atoms. The van der Waals surface area contributed by atoms with Crippen LogP contribution >= 0.6 is 11.6 Å². The van der Waals surface area contributed by atoms with E-state index in [1.54, 1.807) is 12.1 Å². The molecule has 1 N–H and O–H groups in total. The molecule has 1 fully saturated rings. The van der Waals surface area contributed by atoms with Crippen LogP contribution in [0.15, 0.2) is 54.9 Å². The van der Waals surface area contributed by atoms with Crippen LogP contribution in [0.4, 0.5) is 31.1 Å². The third kappa shape index (κ3) is 6.97. The number of rotatable bonds is 6. The maximum Gasteiger partial charge on any atom is 0.511 e. The van der Waals surface area contributed by atoms with Crippen LogP contribution in [0.2, 0.25) is 5.02 Å². The van der Waals surface area contributed by atoms with Gasteiger partial charge < -0.3 is 9.84 Å². The molecule has 1 saturated heterocycles. The maximum atomic E-state index is 13.9. The molecule has 3 aromatic heterocycles. The fourth-order valence-corrected chi connectivity index (χ4v) is 5.59. The summed E-state index contributed by atoms with van der Waals surface area (Å²) in [7, 11) is 0. The Morgan fingerprint density at radius 1 is 1.07 bits per heavy atom. The van der Waals surface area contributed by atoms with Crippen LogP contribution in [0.3, 0.4) is 0 Å². The molecule has 15 heteroatoms. The van der Waals surface area contributed by atoms with E-state index in [0.29, 0.717) is 53.6 Å². The molecule has 0 unspecified atom stereocenters. The molecule has 0 saturated carbocycles.